The molecule has 1 fully saturated rings. The van der Waals surface area contributed by atoms with Gasteiger partial charge in [0.1, 0.15) is 0 Å². The molecule has 80 valence electrons. The number of benzene rings is 1. The van der Waals surface area contributed by atoms with Gasteiger partial charge in [-0.25, -0.2) is 0 Å². The van der Waals surface area contributed by atoms with Gasteiger partial charge in [-0.05, 0) is 54.8 Å². The Labute approximate surface area is 91.9 Å². The highest BCUT2D eigenvalue weighted by Crippen LogP contribution is 2.45. The molecule has 1 nitrogen and oxygen atoms in total. The second-order valence-corrected chi connectivity index (χ2v) is 4.84. The molecule has 2 aliphatic carbocycles. The third-order valence-electron chi connectivity index (χ3n) is 3.77. The zero-order chi connectivity index (χ0) is 10.3. The van der Waals surface area contributed by atoms with Crippen molar-refractivity contribution in [3.8, 4) is 0 Å². The quantitative estimate of drug-likeness (QED) is 0.792. The minimum absolute atomic E-state index is 0.628. The zero-order valence-electron chi connectivity index (χ0n) is 9.42. The average Bonchev–Trinajstić information content (AvgIpc) is 3.02. The largest absolute Gasteiger partial charge is 0.310 e. The summed E-state index contributed by atoms with van der Waals surface area (Å²) in [6.45, 7) is 3.28. The lowest BCUT2D eigenvalue weighted by atomic mass is 9.99. The van der Waals surface area contributed by atoms with Gasteiger partial charge in [0.2, 0.25) is 0 Å². The van der Waals surface area contributed by atoms with E-state index in [0.29, 0.717) is 6.04 Å². The van der Waals surface area contributed by atoms with Crippen LogP contribution in [-0.2, 0) is 6.42 Å². The lowest BCUT2D eigenvalue weighted by Gasteiger charge is -2.13. The molecule has 0 radical (unpaired) electrons. The first kappa shape index (κ1) is 9.41. The van der Waals surface area contributed by atoms with Crippen LogP contribution in [0.5, 0.6) is 0 Å². The molecule has 3 rings (SSSR count). The maximum absolute atomic E-state index is 3.59. The molecular weight excluding hydrogens is 182 g/mol. The van der Waals surface area contributed by atoms with Crippen molar-refractivity contribution in [1.29, 1.82) is 0 Å². The fraction of sp³-hybridized carbons (Fsp3) is 0.571. The highest BCUT2D eigenvalue weighted by atomic mass is 14.9. The predicted molar refractivity (Wildman–Crippen MR) is 63.2 cm³/mol. The molecule has 0 saturated heterocycles. The summed E-state index contributed by atoms with van der Waals surface area (Å²) in [4.78, 5) is 0. The Balaban J connectivity index is 1.95. The molecule has 1 unspecified atom stereocenters. The molecule has 1 aromatic rings. The first-order valence-corrected chi connectivity index (χ1v) is 6.25. The fourth-order valence-corrected chi connectivity index (χ4v) is 2.92. The van der Waals surface area contributed by atoms with Crippen LogP contribution in [0.25, 0.3) is 0 Å². The molecule has 0 aromatic heterocycles. The van der Waals surface area contributed by atoms with E-state index in [0.717, 1.165) is 12.5 Å². The van der Waals surface area contributed by atoms with Crippen molar-refractivity contribution in [3.05, 3.63) is 34.9 Å². The van der Waals surface area contributed by atoms with Crippen LogP contribution < -0.4 is 5.32 Å². The number of rotatable bonds is 3. The third-order valence-corrected chi connectivity index (χ3v) is 3.77. The lowest BCUT2D eigenvalue weighted by molar-refractivity contribution is 0.549. The molecule has 2 aliphatic rings. The summed E-state index contributed by atoms with van der Waals surface area (Å²) in [5, 5.41) is 3.59. The van der Waals surface area contributed by atoms with E-state index in [1.807, 2.05) is 0 Å². The van der Waals surface area contributed by atoms with Crippen molar-refractivity contribution < 1.29 is 0 Å². The van der Waals surface area contributed by atoms with E-state index in [1.165, 1.54) is 25.7 Å². The van der Waals surface area contributed by atoms with Gasteiger partial charge in [0.05, 0.1) is 0 Å². The minimum atomic E-state index is 0.628. The Bertz CT molecular complexity index is 366. The second kappa shape index (κ2) is 3.64. The summed E-state index contributed by atoms with van der Waals surface area (Å²) in [7, 11) is 0. The van der Waals surface area contributed by atoms with Gasteiger partial charge < -0.3 is 5.32 Å². The van der Waals surface area contributed by atoms with E-state index in [1.54, 1.807) is 16.7 Å². The predicted octanol–water partition coefficient (Wildman–Crippen LogP) is 3.16. The third kappa shape index (κ3) is 1.59. The monoisotopic (exact) mass is 201 g/mol. The van der Waals surface area contributed by atoms with Crippen LogP contribution in [0.1, 0.15) is 54.8 Å². The van der Waals surface area contributed by atoms with E-state index in [-0.39, 0.29) is 0 Å². The Kier molecular flexibility index (Phi) is 2.28. The first-order chi connectivity index (χ1) is 7.40. The van der Waals surface area contributed by atoms with E-state index in [9.17, 15) is 0 Å². The van der Waals surface area contributed by atoms with Crippen molar-refractivity contribution in [3.63, 3.8) is 0 Å². The number of hydrogen-bond donors (Lipinski definition) is 1. The van der Waals surface area contributed by atoms with Crippen LogP contribution in [0, 0.1) is 0 Å². The van der Waals surface area contributed by atoms with Crippen molar-refractivity contribution in [2.75, 3.05) is 6.54 Å². The number of hydrogen-bond acceptors (Lipinski definition) is 1. The van der Waals surface area contributed by atoms with E-state index < -0.39 is 0 Å². The highest BCUT2D eigenvalue weighted by molar-refractivity contribution is 5.44. The molecule has 1 aromatic carbocycles. The van der Waals surface area contributed by atoms with Gasteiger partial charge in [0.15, 0.2) is 0 Å². The molecule has 1 N–H and O–H groups in total. The van der Waals surface area contributed by atoms with Crippen molar-refractivity contribution in [1.82, 2.24) is 5.32 Å². The molecule has 1 saturated carbocycles. The topological polar surface area (TPSA) is 12.0 Å². The first-order valence-electron chi connectivity index (χ1n) is 6.25. The van der Waals surface area contributed by atoms with E-state index in [4.69, 9.17) is 0 Å². The maximum Gasteiger partial charge on any atom is 0.0326 e. The molecular formula is C14H19N. The van der Waals surface area contributed by atoms with E-state index >= 15 is 0 Å². The van der Waals surface area contributed by atoms with Gasteiger partial charge in [-0.15, -0.1) is 0 Å². The van der Waals surface area contributed by atoms with Crippen molar-refractivity contribution >= 4 is 0 Å². The molecule has 0 heterocycles. The van der Waals surface area contributed by atoms with Crippen LogP contribution in [-0.4, -0.2) is 6.54 Å². The normalized spacial score (nSPS) is 24.2. The van der Waals surface area contributed by atoms with Gasteiger partial charge in [-0.2, -0.15) is 0 Å². The van der Waals surface area contributed by atoms with Crippen LogP contribution in [0.15, 0.2) is 18.2 Å². The second-order valence-electron chi connectivity index (χ2n) is 4.84. The molecule has 0 bridgehead atoms. The highest BCUT2D eigenvalue weighted by Gasteiger charge is 2.30. The number of fused-ring (bicyclic) bond motifs is 1. The van der Waals surface area contributed by atoms with Crippen LogP contribution in [0.4, 0.5) is 0 Å². The van der Waals surface area contributed by atoms with Gasteiger partial charge in [0, 0.05) is 6.04 Å². The Hall–Kier alpha value is -0.820. The van der Waals surface area contributed by atoms with Crippen LogP contribution >= 0.6 is 0 Å². The van der Waals surface area contributed by atoms with E-state index in [2.05, 4.69) is 30.4 Å². The van der Waals surface area contributed by atoms with Gasteiger partial charge in [0.25, 0.3) is 0 Å². The van der Waals surface area contributed by atoms with Crippen LogP contribution in [0.3, 0.4) is 0 Å². The molecule has 1 atom stereocenters. The summed E-state index contributed by atoms with van der Waals surface area (Å²) in [6.07, 6.45) is 5.43. The van der Waals surface area contributed by atoms with Gasteiger partial charge >= 0.3 is 0 Å². The van der Waals surface area contributed by atoms with Gasteiger partial charge in [-0.3, -0.25) is 0 Å². The average molecular weight is 201 g/mol. The summed E-state index contributed by atoms with van der Waals surface area (Å²) in [5.74, 6) is 0.903. The molecule has 15 heavy (non-hydrogen) atoms. The Morgan fingerprint density at radius 2 is 2.00 bits per heavy atom. The van der Waals surface area contributed by atoms with Gasteiger partial charge in [-0.1, -0.05) is 25.1 Å². The molecule has 1 heteroatoms. The summed E-state index contributed by atoms with van der Waals surface area (Å²) < 4.78 is 0. The summed E-state index contributed by atoms with van der Waals surface area (Å²) in [6, 6.07) is 7.55. The van der Waals surface area contributed by atoms with Crippen molar-refractivity contribution in [2.45, 2.75) is 44.6 Å². The standard InChI is InChI=1S/C14H19N/c1-2-15-14-9-8-12-11(10-6-7-10)4-3-5-13(12)14/h3-5,10,14-15H,2,6-9H2,1H3. The molecule has 0 amide bonds. The Morgan fingerprint density at radius 1 is 1.20 bits per heavy atom. The molecule has 0 spiro atoms. The summed E-state index contributed by atoms with van der Waals surface area (Å²) in [5.41, 5.74) is 4.92. The maximum atomic E-state index is 3.59. The minimum Gasteiger partial charge on any atom is -0.310 e. The fourth-order valence-electron chi connectivity index (χ4n) is 2.92. The Morgan fingerprint density at radius 3 is 2.73 bits per heavy atom. The SMILES string of the molecule is CCNC1CCc2c(C3CC3)cccc21. The summed E-state index contributed by atoms with van der Waals surface area (Å²) >= 11 is 0. The van der Waals surface area contributed by atoms with Crippen molar-refractivity contribution in [2.24, 2.45) is 0 Å². The zero-order valence-corrected chi connectivity index (χ0v) is 9.42. The van der Waals surface area contributed by atoms with Crippen LogP contribution in [0.2, 0.25) is 0 Å². The lowest BCUT2D eigenvalue weighted by Crippen LogP contribution is -2.18. The number of nitrogens with one attached hydrogen (secondary N) is 1. The smallest absolute Gasteiger partial charge is 0.0326 e. The molecule has 0 aliphatic heterocycles.